The van der Waals surface area contributed by atoms with Crippen molar-refractivity contribution in [2.24, 2.45) is 22.7 Å². The highest BCUT2D eigenvalue weighted by Gasteiger charge is 2.56. The van der Waals surface area contributed by atoms with Crippen molar-refractivity contribution in [3.05, 3.63) is 23.8 Å². The van der Waals surface area contributed by atoms with E-state index in [9.17, 15) is 5.11 Å². The lowest BCUT2D eigenvalue weighted by molar-refractivity contribution is -0.149. The zero-order chi connectivity index (χ0) is 15.9. The maximum absolute atomic E-state index is 11.0. The van der Waals surface area contributed by atoms with Gasteiger partial charge in [-0.2, -0.15) is 0 Å². The van der Waals surface area contributed by atoms with Crippen LogP contribution in [-0.4, -0.2) is 10.7 Å². The minimum absolute atomic E-state index is 0.230. The zero-order valence-corrected chi connectivity index (χ0v) is 14.9. The van der Waals surface area contributed by atoms with Crippen LogP contribution in [0.4, 0.5) is 0 Å². The molecule has 0 saturated heterocycles. The Morgan fingerprint density at radius 3 is 2.38 bits per heavy atom. The molecule has 1 nitrogen and oxygen atoms in total. The van der Waals surface area contributed by atoms with E-state index in [1.54, 1.807) is 0 Å². The van der Waals surface area contributed by atoms with Gasteiger partial charge < -0.3 is 5.11 Å². The summed E-state index contributed by atoms with van der Waals surface area (Å²) in [6.07, 6.45) is 12.6. The van der Waals surface area contributed by atoms with E-state index in [-0.39, 0.29) is 11.3 Å². The standard InChI is InChI=1S/C20H34O/c1-7-15(2)9-10-17-19(5)13-8-12-18(3,4)16(19)11-14-20(17,6)21/h7,9-10,16-17,21H,8,11-14H2,1-6H3. The molecule has 4 unspecified atom stereocenters. The van der Waals surface area contributed by atoms with Gasteiger partial charge in [-0.1, -0.05) is 51.0 Å². The first-order chi connectivity index (χ1) is 9.63. The highest BCUT2D eigenvalue weighted by atomic mass is 16.3. The Labute approximate surface area is 131 Å². The van der Waals surface area contributed by atoms with E-state index in [0.29, 0.717) is 5.41 Å². The van der Waals surface area contributed by atoms with E-state index >= 15 is 0 Å². The van der Waals surface area contributed by atoms with Crippen LogP contribution in [0.15, 0.2) is 23.8 Å². The number of hydrogen-bond acceptors (Lipinski definition) is 1. The molecule has 2 rings (SSSR count). The predicted octanol–water partition coefficient (Wildman–Crippen LogP) is 5.50. The lowest BCUT2D eigenvalue weighted by Crippen LogP contribution is -2.56. The van der Waals surface area contributed by atoms with Gasteiger partial charge in [0, 0.05) is 5.92 Å². The summed E-state index contributed by atoms with van der Waals surface area (Å²) in [5, 5.41) is 11.0. The van der Waals surface area contributed by atoms with Gasteiger partial charge in [0.05, 0.1) is 5.60 Å². The Kier molecular flexibility index (Phi) is 4.46. The van der Waals surface area contributed by atoms with Crippen molar-refractivity contribution < 1.29 is 5.11 Å². The Hall–Kier alpha value is -0.560. The van der Waals surface area contributed by atoms with Crippen LogP contribution >= 0.6 is 0 Å². The van der Waals surface area contributed by atoms with Gasteiger partial charge in [0.15, 0.2) is 0 Å². The Bertz CT molecular complexity index is 441. The molecule has 2 saturated carbocycles. The lowest BCUT2D eigenvalue weighted by atomic mass is 9.45. The average molecular weight is 290 g/mol. The van der Waals surface area contributed by atoms with Crippen LogP contribution in [0.25, 0.3) is 0 Å². The molecule has 0 radical (unpaired) electrons. The average Bonchev–Trinajstić information content (AvgIpc) is 2.35. The fourth-order valence-corrected chi connectivity index (χ4v) is 5.33. The molecule has 2 aliphatic rings. The molecule has 0 aliphatic heterocycles. The van der Waals surface area contributed by atoms with Gasteiger partial charge in [0.25, 0.3) is 0 Å². The summed E-state index contributed by atoms with van der Waals surface area (Å²) in [4.78, 5) is 0. The summed E-state index contributed by atoms with van der Waals surface area (Å²) < 4.78 is 0. The highest BCUT2D eigenvalue weighted by molar-refractivity contribution is 5.21. The van der Waals surface area contributed by atoms with Crippen molar-refractivity contribution in [3.8, 4) is 0 Å². The number of rotatable bonds is 2. The number of fused-ring (bicyclic) bond motifs is 1. The Balaban J connectivity index is 2.39. The topological polar surface area (TPSA) is 20.2 Å². The second kappa shape index (κ2) is 5.57. The molecule has 4 atom stereocenters. The lowest BCUT2D eigenvalue weighted by Gasteiger charge is -2.60. The first-order valence-corrected chi connectivity index (χ1v) is 8.67. The zero-order valence-electron chi connectivity index (χ0n) is 14.9. The van der Waals surface area contributed by atoms with Crippen molar-refractivity contribution >= 4 is 0 Å². The Morgan fingerprint density at radius 1 is 1.10 bits per heavy atom. The van der Waals surface area contributed by atoms with Gasteiger partial charge in [0.2, 0.25) is 0 Å². The highest BCUT2D eigenvalue weighted by Crippen LogP contribution is 2.62. The quantitative estimate of drug-likeness (QED) is 0.665. The minimum atomic E-state index is -0.566. The number of aliphatic hydroxyl groups is 1. The summed E-state index contributed by atoms with van der Waals surface area (Å²) in [5.74, 6) is 0.984. The second-order valence-electron chi connectivity index (χ2n) is 8.67. The molecular weight excluding hydrogens is 256 g/mol. The minimum Gasteiger partial charge on any atom is -0.390 e. The summed E-state index contributed by atoms with van der Waals surface area (Å²) >= 11 is 0. The normalized spacial score (nSPS) is 43.9. The van der Waals surface area contributed by atoms with E-state index in [1.165, 1.54) is 31.3 Å². The van der Waals surface area contributed by atoms with Crippen LogP contribution in [0, 0.1) is 22.7 Å². The Morgan fingerprint density at radius 2 is 1.76 bits per heavy atom. The van der Waals surface area contributed by atoms with Crippen LogP contribution in [0.2, 0.25) is 0 Å². The predicted molar refractivity (Wildman–Crippen MR) is 91.1 cm³/mol. The molecule has 21 heavy (non-hydrogen) atoms. The molecule has 0 aromatic carbocycles. The van der Waals surface area contributed by atoms with Crippen LogP contribution < -0.4 is 0 Å². The molecule has 0 spiro atoms. The molecule has 2 aliphatic carbocycles. The maximum Gasteiger partial charge on any atom is 0.0687 e. The first kappa shape index (κ1) is 16.8. The largest absolute Gasteiger partial charge is 0.390 e. The molecule has 1 heteroatoms. The van der Waals surface area contributed by atoms with E-state index in [4.69, 9.17) is 0 Å². The van der Waals surface area contributed by atoms with Gasteiger partial charge in [-0.05, 0) is 63.2 Å². The molecule has 1 N–H and O–H groups in total. The van der Waals surface area contributed by atoms with Crippen molar-refractivity contribution in [2.75, 3.05) is 0 Å². The van der Waals surface area contributed by atoms with Crippen LogP contribution in [0.5, 0.6) is 0 Å². The van der Waals surface area contributed by atoms with E-state index in [0.717, 1.165) is 12.3 Å². The van der Waals surface area contributed by atoms with Gasteiger partial charge in [-0.25, -0.2) is 0 Å². The SMILES string of the molecule is CC=C(C)C=CC1C(C)(O)CCC2C(C)(C)CCCC21C. The molecular formula is C20H34O. The summed E-state index contributed by atoms with van der Waals surface area (Å²) in [6.45, 7) is 13.6. The van der Waals surface area contributed by atoms with Crippen molar-refractivity contribution in [3.63, 3.8) is 0 Å². The third-order valence-corrected chi connectivity index (χ3v) is 6.60. The molecule has 0 aromatic rings. The van der Waals surface area contributed by atoms with Crippen molar-refractivity contribution in [1.29, 1.82) is 0 Å². The second-order valence-corrected chi connectivity index (χ2v) is 8.67. The molecule has 2 fully saturated rings. The summed E-state index contributed by atoms with van der Waals surface area (Å²) in [7, 11) is 0. The van der Waals surface area contributed by atoms with E-state index in [2.05, 4.69) is 59.8 Å². The molecule has 0 heterocycles. The van der Waals surface area contributed by atoms with Gasteiger partial charge in [-0.3, -0.25) is 0 Å². The van der Waals surface area contributed by atoms with Gasteiger partial charge in [-0.15, -0.1) is 0 Å². The van der Waals surface area contributed by atoms with E-state index < -0.39 is 5.60 Å². The van der Waals surface area contributed by atoms with Crippen molar-refractivity contribution in [1.82, 2.24) is 0 Å². The molecule has 0 bridgehead atoms. The molecule has 0 amide bonds. The van der Waals surface area contributed by atoms with Crippen LogP contribution in [0.1, 0.15) is 73.6 Å². The summed E-state index contributed by atoms with van der Waals surface area (Å²) in [5.41, 5.74) is 1.36. The van der Waals surface area contributed by atoms with Gasteiger partial charge >= 0.3 is 0 Å². The van der Waals surface area contributed by atoms with E-state index in [1.807, 2.05) is 0 Å². The van der Waals surface area contributed by atoms with Crippen molar-refractivity contribution in [2.45, 2.75) is 79.2 Å². The molecule has 120 valence electrons. The van der Waals surface area contributed by atoms with Crippen LogP contribution in [-0.2, 0) is 0 Å². The van der Waals surface area contributed by atoms with Gasteiger partial charge in [0.1, 0.15) is 0 Å². The first-order valence-electron chi connectivity index (χ1n) is 8.67. The fourth-order valence-electron chi connectivity index (χ4n) is 5.33. The molecule has 0 aromatic heterocycles. The third-order valence-electron chi connectivity index (χ3n) is 6.60. The maximum atomic E-state index is 11.0. The third kappa shape index (κ3) is 2.99. The number of hydrogen-bond donors (Lipinski definition) is 1. The monoisotopic (exact) mass is 290 g/mol. The fraction of sp³-hybridized carbons (Fsp3) is 0.800. The smallest absolute Gasteiger partial charge is 0.0687 e. The summed E-state index contributed by atoms with van der Waals surface area (Å²) in [6, 6.07) is 0. The number of allylic oxidation sites excluding steroid dienone is 3. The van der Waals surface area contributed by atoms with Crippen LogP contribution in [0.3, 0.4) is 0 Å².